The Balaban J connectivity index is 2.32. The van der Waals surface area contributed by atoms with Crippen molar-refractivity contribution in [2.75, 3.05) is 18.9 Å². The first-order valence-corrected chi connectivity index (χ1v) is 7.01. The van der Waals surface area contributed by atoms with E-state index in [4.69, 9.17) is 10.8 Å². The molecule has 0 spiro atoms. The van der Waals surface area contributed by atoms with E-state index in [0.29, 0.717) is 13.0 Å². The number of aliphatic hydroxyl groups is 1. The highest BCUT2D eigenvalue weighted by Gasteiger charge is 2.33. The first-order chi connectivity index (χ1) is 10.1. The topological polar surface area (TPSA) is 110 Å². The third-order valence-electron chi connectivity index (χ3n) is 3.81. The summed E-state index contributed by atoms with van der Waals surface area (Å²) in [5.41, 5.74) is 5.30. The highest BCUT2D eigenvalue weighted by molar-refractivity contribution is 6.00. The second kappa shape index (κ2) is 6.53. The van der Waals surface area contributed by atoms with Crippen LogP contribution >= 0.6 is 0 Å². The molecular weight excluding hydrogens is 274 g/mol. The molecule has 0 saturated heterocycles. The van der Waals surface area contributed by atoms with E-state index in [1.807, 2.05) is 0 Å². The number of nitro benzene ring substituents is 1. The number of aliphatic hydroxyl groups excluding tert-OH is 1. The molecule has 1 aliphatic rings. The Labute approximate surface area is 122 Å². The minimum Gasteiger partial charge on any atom is -0.396 e. The summed E-state index contributed by atoms with van der Waals surface area (Å²) in [6.45, 7) is 0.376. The summed E-state index contributed by atoms with van der Waals surface area (Å²) in [4.78, 5) is 24.8. The van der Waals surface area contributed by atoms with Crippen molar-refractivity contribution in [3.05, 3.63) is 33.9 Å². The number of para-hydroxylation sites is 1. The molecule has 7 heteroatoms. The van der Waals surface area contributed by atoms with Crippen molar-refractivity contribution in [3.63, 3.8) is 0 Å². The predicted molar refractivity (Wildman–Crippen MR) is 77.9 cm³/mol. The quantitative estimate of drug-likeness (QED) is 0.470. The Morgan fingerprint density at radius 3 is 2.71 bits per heavy atom. The fourth-order valence-corrected chi connectivity index (χ4v) is 2.48. The van der Waals surface area contributed by atoms with Crippen molar-refractivity contribution < 1.29 is 14.8 Å². The maximum atomic E-state index is 12.6. The van der Waals surface area contributed by atoms with Gasteiger partial charge in [0.1, 0.15) is 11.3 Å². The van der Waals surface area contributed by atoms with Gasteiger partial charge in [-0.2, -0.15) is 0 Å². The third-order valence-corrected chi connectivity index (χ3v) is 3.81. The van der Waals surface area contributed by atoms with E-state index in [0.717, 1.165) is 19.3 Å². The second-order valence-corrected chi connectivity index (χ2v) is 5.16. The van der Waals surface area contributed by atoms with Gasteiger partial charge in [0.15, 0.2) is 0 Å². The normalized spacial score (nSPS) is 14.5. The molecule has 0 atom stereocenters. The number of carbonyl (C=O) groups excluding carboxylic acids is 1. The maximum Gasteiger partial charge on any atom is 0.304 e. The molecule has 1 saturated carbocycles. The summed E-state index contributed by atoms with van der Waals surface area (Å²) in [7, 11) is 0. The Bertz CT molecular complexity index is 543. The van der Waals surface area contributed by atoms with Crippen LogP contribution in [0.2, 0.25) is 0 Å². The number of benzene rings is 1. The van der Waals surface area contributed by atoms with E-state index in [2.05, 4.69) is 0 Å². The van der Waals surface area contributed by atoms with Gasteiger partial charge in [-0.25, -0.2) is 0 Å². The highest BCUT2D eigenvalue weighted by atomic mass is 16.6. The van der Waals surface area contributed by atoms with Crippen LogP contribution in [0.3, 0.4) is 0 Å². The Hall–Kier alpha value is -2.15. The molecule has 0 unspecified atom stereocenters. The third kappa shape index (κ3) is 3.13. The molecule has 1 aliphatic carbocycles. The van der Waals surface area contributed by atoms with E-state index in [-0.39, 0.29) is 35.5 Å². The molecular formula is C14H19N3O4. The van der Waals surface area contributed by atoms with Gasteiger partial charge >= 0.3 is 5.69 Å². The van der Waals surface area contributed by atoms with Crippen LogP contribution in [0.1, 0.15) is 36.0 Å². The number of hydrogen-bond acceptors (Lipinski definition) is 5. The minimum atomic E-state index is -0.617. The van der Waals surface area contributed by atoms with Crippen molar-refractivity contribution >= 4 is 17.3 Å². The fourth-order valence-electron chi connectivity index (χ4n) is 2.48. The van der Waals surface area contributed by atoms with Crippen LogP contribution in [0.15, 0.2) is 18.2 Å². The molecule has 0 heterocycles. The molecule has 1 fully saturated rings. The average molecular weight is 293 g/mol. The smallest absolute Gasteiger partial charge is 0.304 e. The molecule has 0 aliphatic heterocycles. The SMILES string of the molecule is Nc1cccc(C(=O)N(CCCO)C2CCC2)c1[N+](=O)[O-]. The molecule has 1 aromatic carbocycles. The summed E-state index contributed by atoms with van der Waals surface area (Å²) in [6, 6.07) is 4.49. The van der Waals surface area contributed by atoms with Gasteiger partial charge in [-0.3, -0.25) is 14.9 Å². The van der Waals surface area contributed by atoms with Gasteiger partial charge < -0.3 is 15.7 Å². The zero-order chi connectivity index (χ0) is 15.4. The molecule has 21 heavy (non-hydrogen) atoms. The molecule has 114 valence electrons. The van der Waals surface area contributed by atoms with Gasteiger partial charge in [0.25, 0.3) is 5.91 Å². The number of hydrogen-bond donors (Lipinski definition) is 2. The molecule has 0 radical (unpaired) electrons. The summed E-state index contributed by atoms with van der Waals surface area (Å²) >= 11 is 0. The fraction of sp³-hybridized carbons (Fsp3) is 0.500. The van der Waals surface area contributed by atoms with Gasteiger partial charge in [-0.15, -0.1) is 0 Å². The van der Waals surface area contributed by atoms with E-state index in [1.165, 1.54) is 12.1 Å². The number of amides is 1. The molecule has 7 nitrogen and oxygen atoms in total. The van der Waals surface area contributed by atoms with Crippen molar-refractivity contribution in [1.29, 1.82) is 0 Å². The highest BCUT2D eigenvalue weighted by Crippen LogP contribution is 2.31. The Morgan fingerprint density at radius 1 is 1.48 bits per heavy atom. The number of rotatable bonds is 6. The summed E-state index contributed by atoms with van der Waals surface area (Å²) < 4.78 is 0. The summed E-state index contributed by atoms with van der Waals surface area (Å²) in [5, 5.41) is 20.1. The second-order valence-electron chi connectivity index (χ2n) is 5.16. The summed E-state index contributed by atoms with van der Waals surface area (Å²) in [6.07, 6.45) is 3.30. The van der Waals surface area contributed by atoms with Crippen LogP contribution in [0.4, 0.5) is 11.4 Å². The van der Waals surface area contributed by atoms with Crippen molar-refractivity contribution in [3.8, 4) is 0 Å². The van der Waals surface area contributed by atoms with Crippen LogP contribution < -0.4 is 5.73 Å². The van der Waals surface area contributed by atoms with Crippen LogP contribution in [0.5, 0.6) is 0 Å². The summed E-state index contributed by atoms with van der Waals surface area (Å²) in [5.74, 6) is -0.382. The lowest BCUT2D eigenvalue weighted by atomic mass is 9.90. The monoisotopic (exact) mass is 293 g/mol. The molecule has 3 N–H and O–H groups in total. The molecule has 1 aromatic rings. The van der Waals surface area contributed by atoms with Gasteiger partial charge in [0.2, 0.25) is 0 Å². The largest absolute Gasteiger partial charge is 0.396 e. The number of nitrogens with two attached hydrogens (primary N) is 1. The number of anilines is 1. The van der Waals surface area contributed by atoms with Gasteiger partial charge in [0.05, 0.1) is 4.92 Å². The first kappa shape index (κ1) is 15.2. The molecule has 0 bridgehead atoms. The number of nitro groups is 1. The van der Waals surface area contributed by atoms with Gasteiger partial charge in [-0.05, 0) is 37.8 Å². The number of carbonyl (C=O) groups is 1. The Morgan fingerprint density at radius 2 is 2.19 bits per heavy atom. The number of nitrogen functional groups attached to an aromatic ring is 1. The van der Waals surface area contributed by atoms with Gasteiger partial charge in [-0.1, -0.05) is 6.07 Å². The van der Waals surface area contributed by atoms with E-state index >= 15 is 0 Å². The Kier molecular flexibility index (Phi) is 4.74. The first-order valence-electron chi connectivity index (χ1n) is 7.01. The van der Waals surface area contributed by atoms with Crippen LogP contribution in [0.25, 0.3) is 0 Å². The lowest BCUT2D eigenvalue weighted by Gasteiger charge is -2.37. The van der Waals surface area contributed by atoms with Crippen LogP contribution in [0, 0.1) is 10.1 Å². The molecule has 2 rings (SSSR count). The minimum absolute atomic E-state index is 0.0124. The standard InChI is InChI=1S/C14H19N3O4/c15-12-7-2-6-11(13(12)17(20)21)14(19)16(8-3-9-18)10-4-1-5-10/h2,6-7,10,18H,1,3-5,8-9,15H2. The van der Waals surface area contributed by atoms with Crippen LogP contribution in [-0.4, -0.2) is 40.0 Å². The van der Waals surface area contributed by atoms with Crippen molar-refractivity contribution in [2.45, 2.75) is 31.7 Å². The number of nitrogens with zero attached hydrogens (tertiary/aromatic N) is 2. The average Bonchev–Trinajstić information content (AvgIpc) is 2.39. The lowest BCUT2D eigenvalue weighted by molar-refractivity contribution is -0.384. The maximum absolute atomic E-state index is 12.6. The van der Waals surface area contributed by atoms with E-state index in [9.17, 15) is 14.9 Å². The van der Waals surface area contributed by atoms with Crippen molar-refractivity contribution in [1.82, 2.24) is 4.90 Å². The van der Waals surface area contributed by atoms with Gasteiger partial charge in [0, 0.05) is 19.2 Å². The molecule has 1 amide bonds. The van der Waals surface area contributed by atoms with Crippen molar-refractivity contribution in [2.24, 2.45) is 0 Å². The lowest BCUT2D eigenvalue weighted by Crippen LogP contribution is -2.45. The molecule has 0 aromatic heterocycles. The zero-order valence-electron chi connectivity index (χ0n) is 11.7. The van der Waals surface area contributed by atoms with E-state index in [1.54, 1.807) is 11.0 Å². The predicted octanol–water partition coefficient (Wildman–Crippen LogP) is 1.55. The van der Waals surface area contributed by atoms with Crippen LogP contribution in [-0.2, 0) is 0 Å². The van der Waals surface area contributed by atoms with E-state index < -0.39 is 4.92 Å². The zero-order valence-corrected chi connectivity index (χ0v) is 11.7.